The van der Waals surface area contributed by atoms with Gasteiger partial charge in [0.2, 0.25) is 0 Å². The molecule has 168 valence electrons. The molecule has 0 amide bonds. The van der Waals surface area contributed by atoms with Crippen LogP contribution in [0, 0.1) is 6.92 Å². The van der Waals surface area contributed by atoms with Crippen LogP contribution in [-0.2, 0) is 18.3 Å². The number of aromatic nitrogens is 3. The number of benzene rings is 1. The van der Waals surface area contributed by atoms with E-state index in [0.717, 1.165) is 54.4 Å². The van der Waals surface area contributed by atoms with Crippen molar-refractivity contribution >= 4 is 11.0 Å². The molecule has 3 aromatic rings. The van der Waals surface area contributed by atoms with E-state index in [-0.39, 0.29) is 18.0 Å². The minimum absolute atomic E-state index is 0.0589. The minimum Gasteiger partial charge on any atom is -0.400 e. The van der Waals surface area contributed by atoms with Crippen molar-refractivity contribution in [2.24, 2.45) is 7.05 Å². The summed E-state index contributed by atoms with van der Waals surface area (Å²) in [4.78, 5) is 16.7. The van der Waals surface area contributed by atoms with Gasteiger partial charge in [-0.25, -0.2) is 4.98 Å². The molecule has 0 atom stereocenters. The van der Waals surface area contributed by atoms with E-state index < -0.39 is 13.0 Å². The van der Waals surface area contributed by atoms with Gasteiger partial charge >= 0.3 is 6.36 Å². The van der Waals surface area contributed by atoms with Gasteiger partial charge in [-0.05, 0) is 49.1 Å². The van der Waals surface area contributed by atoms with Crippen LogP contribution in [-0.4, -0.2) is 39.3 Å². The molecule has 0 unspecified atom stereocenters. The Morgan fingerprint density at radius 2 is 1.90 bits per heavy atom. The lowest BCUT2D eigenvalue weighted by molar-refractivity contribution is -0.325. The zero-order valence-corrected chi connectivity index (χ0v) is 17.7. The molecule has 0 saturated heterocycles. The van der Waals surface area contributed by atoms with Gasteiger partial charge in [-0.2, -0.15) is 0 Å². The van der Waals surface area contributed by atoms with Crippen LogP contribution in [0.15, 0.2) is 35.3 Å². The first-order valence-electron chi connectivity index (χ1n) is 10.1. The van der Waals surface area contributed by atoms with Gasteiger partial charge in [0, 0.05) is 38.4 Å². The van der Waals surface area contributed by atoms with E-state index in [0.29, 0.717) is 5.56 Å². The molecule has 1 aromatic carbocycles. The molecular weight excluding hydrogens is 411 g/mol. The lowest BCUT2D eigenvalue weighted by atomic mass is 9.85. The van der Waals surface area contributed by atoms with Crippen LogP contribution in [0.4, 0.5) is 13.2 Å². The number of imidazole rings is 1. The highest BCUT2D eigenvalue weighted by Crippen LogP contribution is 2.38. The van der Waals surface area contributed by atoms with E-state index in [1.54, 1.807) is 20.2 Å². The summed E-state index contributed by atoms with van der Waals surface area (Å²) in [6.45, 7) is 1.38. The summed E-state index contributed by atoms with van der Waals surface area (Å²) in [6, 6.07) is 7.56. The topological polar surface area (TPSA) is 69.3 Å². The molecule has 0 radical (unpaired) electrons. The largest absolute Gasteiger partial charge is 0.522 e. The highest BCUT2D eigenvalue weighted by Gasteiger charge is 2.30. The van der Waals surface area contributed by atoms with E-state index >= 15 is 0 Å². The van der Waals surface area contributed by atoms with Crippen molar-refractivity contribution in [3.63, 3.8) is 0 Å². The monoisotopic (exact) mass is 437 g/mol. The maximum absolute atomic E-state index is 12.5. The highest BCUT2D eigenvalue weighted by atomic mass is 19.4. The van der Waals surface area contributed by atoms with Gasteiger partial charge in [0.05, 0.1) is 17.6 Å². The van der Waals surface area contributed by atoms with Crippen molar-refractivity contribution in [2.45, 2.75) is 45.0 Å². The fourth-order valence-electron chi connectivity index (χ4n) is 3.82. The van der Waals surface area contributed by atoms with Crippen LogP contribution in [0.3, 0.4) is 0 Å². The normalized spacial score (nSPS) is 14.3. The van der Waals surface area contributed by atoms with E-state index in [9.17, 15) is 18.0 Å². The lowest BCUT2D eigenvalue weighted by Crippen LogP contribution is -2.20. The number of halogens is 3. The van der Waals surface area contributed by atoms with Crippen molar-refractivity contribution < 1.29 is 23.0 Å². The van der Waals surface area contributed by atoms with Crippen molar-refractivity contribution in [3.05, 3.63) is 52.2 Å². The summed E-state index contributed by atoms with van der Waals surface area (Å²) < 4.78 is 44.8. The summed E-state index contributed by atoms with van der Waals surface area (Å²) in [5.41, 5.74) is 3.86. The minimum atomic E-state index is -4.65. The number of aryl methyl sites for hydroxylation is 2. The number of pyridine rings is 1. The van der Waals surface area contributed by atoms with Crippen LogP contribution in [0.25, 0.3) is 22.2 Å². The van der Waals surface area contributed by atoms with Gasteiger partial charge in [0.25, 0.3) is 5.56 Å². The van der Waals surface area contributed by atoms with Crippen molar-refractivity contribution in [2.75, 3.05) is 13.7 Å². The second-order valence-corrected chi connectivity index (χ2v) is 7.58. The van der Waals surface area contributed by atoms with Crippen LogP contribution in [0.2, 0.25) is 0 Å². The number of hydrogen-bond acceptors (Lipinski definition) is 4. The van der Waals surface area contributed by atoms with Crippen molar-refractivity contribution in [3.8, 4) is 11.1 Å². The smallest absolute Gasteiger partial charge is 0.400 e. The predicted octanol–water partition coefficient (Wildman–Crippen LogP) is 4.12. The van der Waals surface area contributed by atoms with Gasteiger partial charge in [-0.15, -0.1) is 13.2 Å². The van der Waals surface area contributed by atoms with Gasteiger partial charge in [-0.1, -0.05) is 12.5 Å². The van der Waals surface area contributed by atoms with Crippen LogP contribution >= 0.6 is 0 Å². The zero-order chi connectivity index (χ0) is 22.8. The van der Waals surface area contributed by atoms with Crippen LogP contribution in [0.1, 0.15) is 36.6 Å². The van der Waals surface area contributed by atoms with Crippen LogP contribution in [0.5, 0.6) is 0 Å². The first-order valence-corrected chi connectivity index (χ1v) is 10.1. The fraction of sp³-hybridized carbons (Fsp3) is 0.455. The molecule has 9 heteroatoms. The maximum atomic E-state index is 12.5. The van der Waals surface area contributed by atoms with Gasteiger partial charge in [0.1, 0.15) is 5.82 Å². The molecule has 1 aliphatic carbocycles. The Balaban J connectivity index is 0.00000132. The standard InChI is InChI=1S/C21H22F3N3O2.CH4O/c1-13-10-16(12-26(2)20(13)28)15-6-7-17-18(11-15)27(8-9-29-21(22,23)24)19(25-17)14-4-3-5-14;1-2/h6-7,10-12,14H,3-5,8-9H2,1-2H3;2H,1H3. The molecule has 2 heterocycles. The molecule has 0 spiro atoms. The third-order valence-corrected chi connectivity index (χ3v) is 5.52. The Hall–Kier alpha value is -2.65. The first kappa shape index (κ1) is 23.0. The molecule has 0 bridgehead atoms. The molecule has 31 heavy (non-hydrogen) atoms. The number of hydrogen-bond donors (Lipinski definition) is 1. The number of ether oxygens (including phenoxy) is 1. The lowest BCUT2D eigenvalue weighted by Gasteiger charge is -2.25. The third-order valence-electron chi connectivity index (χ3n) is 5.52. The van der Waals surface area contributed by atoms with Gasteiger partial charge in [-0.3, -0.25) is 9.53 Å². The number of fused-ring (bicyclic) bond motifs is 1. The summed E-state index contributed by atoms with van der Waals surface area (Å²) in [7, 11) is 2.70. The van der Waals surface area contributed by atoms with E-state index in [2.05, 4.69) is 4.74 Å². The van der Waals surface area contributed by atoms with E-state index in [4.69, 9.17) is 10.1 Å². The van der Waals surface area contributed by atoms with E-state index in [1.807, 2.05) is 28.8 Å². The van der Waals surface area contributed by atoms with E-state index in [1.165, 1.54) is 4.57 Å². The zero-order valence-electron chi connectivity index (χ0n) is 17.7. The molecule has 2 aromatic heterocycles. The van der Waals surface area contributed by atoms with Gasteiger partial charge in [0.15, 0.2) is 0 Å². The summed E-state index contributed by atoms with van der Waals surface area (Å²) in [5.74, 6) is 1.10. The summed E-state index contributed by atoms with van der Waals surface area (Å²) >= 11 is 0. The average Bonchev–Trinajstić information content (AvgIpc) is 3.02. The Bertz CT molecular complexity index is 1090. The fourth-order valence-corrected chi connectivity index (χ4v) is 3.82. The number of aliphatic hydroxyl groups excluding tert-OH is 1. The second kappa shape index (κ2) is 9.23. The Kier molecular flexibility index (Phi) is 6.86. The molecule has 0 aliphatic heterocycles. The predicted molar refractivity (Wildman–Crippen MR) is 112 cm³/mol. The molecule has 1 saturated carbocycles. The molecule has 4 rings (SSSR count). The Labute approximate surface area is 177 Å². The van der Waals surface area contributed by atoms with Crippen LogP contribution < -0.4 is 5.56 Å². The first-order chi connectivity index (χ1) is 14.7. The van der Waals surface area contributed by atoms with Crippen molar-refractivity contribution in [1.82, 2.24) is 14.1 Å². The highest BCUT2D eigenvalue weighted by molar-refractivity contribution is 5.82. The van der Waals surface area contributed by atoms with Gasteiger partial charge < -0.3 is 14.2 Å². The number of rotatable bonds is 5. The molecular formula is C22H26F3N3O3. The Morgan fingerprint density at radius 1 is 1.19 bits per heavy atom. The molecule has 6 nitrogen and oxygen atoms in total. The molecule has 1 aliphatic rings. The van der Waals surface area contributed by atoms with Crippen molar-refractivity contribution in [1.29, 1.82) is 0 Å². The number of nitrogens with zero attached hydrogens (tertiary/aromatic N) is 3. The third kappa shape index (κ3) is 4.99. The number of alkyl halides is 3. The average molecular weight is 437 g/mol. The number of aliphatic hydroxyl groups is 1. The summed E-state index contributed by atoms with van der Waals surface area (Å²) in [6.07, 6.45) is 0.212. The second-order valence-electron chi connectivity index (χ2n) is 7.58. The SMILES string of the molecule is CO.Cc1cc(-c2ccc3nc(C4CCC4)n(CCOC(F)(F)F)c3c2)cn(C)c1=O. The quantitative estimate of drug-likeness (QED) is 0.652. The summed E-state index contributed by atoms with van der Waals surface area (Å²) in [5, 5.41) is 7.00. The Morgan fingerprint density at radius 3 is 2.48 bits per heavy atom. The molecule has 1 N–H and O–H groups in total. The molecule has 1 fully saturated rings. The maximum Gasteiger partial charge on any atom is 0.522 e.